The van der Waals surface area contributed by atoms with E-state index in [1.165, 1.54) is 12.1 Å². The van der Waals surface area contributed by atoms with E-state index in [1.54, 1.807) is 38.3 Å². The van der Waals surface area contributed by atoms with Gasteiger partial charge < -0.3 is 15.2 Å². The number of ether oxygens (including phenoxy) is 1. The first-order chi connectivity index (χ1) is 11.0. The number of hydrogen-bond acceptors (Lipinski definition) is 3. The van der Waals surface area contributed by atoms with Crippen LogP contribution in [0.1, 0.15) is 21.5 Å². The van der Waals surface area contributed by atoms with Crippen molar-refractivity contribution in [2.24, 2.45) is 0 Å². The van der Waals surface area contributed by atoms with Crippen molar-refractivity contribution >= 4 is 23.6 Å². The summed E-state index contributed by atoms with van der Waals surface area (Å²) >= 11 is 0. The predicted molar refractivity (Wildman–Crippen MR) is 88.8 cm³/mol. The minimum atomic E-state index is -1.09. The molecule has 5 heteroatoms. The van der Waals surface area contributed by atoms with Crippen LogP contribution in [0.5, 0.6) is 5.75 Å². The zero-order chi connectivity index (χ0) is 16.8. The molecule has 23 heavy (non-hydrogen) atoms. The van der Waals surface area contributed by atoms with Crippen molar-refractivity contribution in [3.63, 3.8) is 0 Å². The van der Waals surface area contributed by atoms with Crippen molar-refractivity contribution in [1.29, 1.82) is 0 Å². The van der Waals surface area contributed by atoms with E-state index >= 15 is 0 Å². The van der Waals surface area contributed by atoms with Gasteiger partial charge >= 0.3 is 5.97 Å². The molecule has 2 aromatic carbocycles. The summed E-state index contributed by atoms with van der Waals surface area (Å²) < 4.78 is 5.20. The molecule has 118 valence electrons. The van der Waals surface area contributed by atoms with Gasteiger partial charge in [-0.15, -0.1) is 0 Å². The first kappa shape index (κ1) is 16.3. The molecule has 0 aromatic heterocycles. The molecule has 0 aliphatic rings. The third kappa shape index (κ3) is 3.97. The normalized spacial score (nSPS) is 10.5. The maximum atomic E-state index is 12.1. The Balaban J connectivity index is 2.20. The fourth-order valence-electron chi connectivity index (χ4n) is 2.15. The van der Waals surface area contributed by atoms with Crippen molar-refractivity contribution in [2.45, 2.75) is 6.92 Å². The molecule has 0 saturated heterocycles. The van der Waals surface area contributed by atoms with Crippen LogP contribution in [-0.2, 0) is 4.79 Å². The highest BCUT2D eigenvalue weighted by Crippen LogP contribution is 2.21. The van der Waals surface area contributed by atoms with Crippen LogP contribution in [0, 0.1) is 6.92 Å². The Morgan fingerprint density at radius 2 is 1.87 bits per heavy atom. The van der Waals surface area contributed by atoms with Gasteiger partial charge in [0.05, 0.1) is 18.4 Å². The molecule has 1 amide bonds. The molecule has 0 bridgehead atoms. The molecule has 0 aliphatic carbocycles. The zero-order valence-corrected chi connectivity index (χ0v) is 12.9. The summed E-state index contributed by atoms with van der Waals surface area (Å²) in [5.74, 6) is -0.843. The first-order valence-electron chi connectivity index (χ1n) is 6.98. The van der Waals surface area contributed by atoms with Crippen LogP contribution >= 0.6 is 0 Å². The quantitative estimate of drug-likeness (QED) is 0.830. The van der Waals surface area contributed by atoms with Crippen molar-refractivity contribution < 1.29 is 19.4 Å². The van der Waals surface area contributed by atoms with E-state index in [4.69, 9.17) is 4.74 Å². The molecule has 2 rings (SSSR count). The zero-order valence-electron chi connectivity index (χ0n) is 12.9. The summed E-state index contributed by atoms with van der Waals surface area (Å²) in [6, 6.07) is 12.1. The number of carbonyl (C=O) groups excluding carboxylic acids is 1. The van der Waals surface area contributed by atoms with Gasteiger partial charge in [-0.1, -0.05) is 30.3 Å². The minimum absolute atomic E-state index is 0.0593. The Labute approximate surface area is 134 Å². The fourth-order valence-corrected chi connectivity index (χ4v) is 2.15. The second-order valence-electron chi connectivity index (χ2n) is 4.87. The van der Waals surface area contributed by atoms with Crippen LogP contribution in [0.15, 0.2) is 48.5 Å². The topological polar surface area (TPSA) is 75.6 Å². The van der Waals surface area contributed by atoms with Crippen molar-refractivity contribution in [3.05, 3.63) is 65.2 Å². The third-order valence-corrected chi connectivity index (χ3v) is 3.30. The predicted octanol–water partition coefficient (Wildman–Crippen LogP) is 3.35. The molecule has 0 fully saturated rings. The standard InChI is InChI=1S/C18H17NO4/c1-12-6-5-8-14(18(21)22)17(12)19-16(20)11-10-13-7-3-4-9-15(13)23-2/h3-11H,1-2H3,(H,19,20)(H,21,22)/b11-10+. The third-order valence-electron chi connectivity index (χ3n) is 3.30. The lowest BCUT2D eigenvalue weighted by Gasteiger charge is -2.10. The minimum Gasteiger partial charge on any atom is -0.496 e. The van der Waals surface area contributed by atoms with E-state index in [1.807, 2.05) is 18.2 Å². The number of benzene rings is 2. The van der Waals surface area contributed by atoms with Gasteiger partial charge in [-0.3, -0.25) is 4.79 Å². The first-order valence-corrected chi connectivity index (χ1v) is 6.98. The lowest BCUT2D eigenvalue weighted by molar-refractivity contribution is -0.111. The summed E-state index contributed by atoms with van der Waals surface area (Å²) in [7, 11) is 1.55. The summed E-state index contributed by atoms with van der Waals surface area (Å²) in [5.41, 5.74) is 1.80. The Kier molecular flexibility index (Phi) is 5.15. The number of carboxylic acid groups (broad SMARTS) is 1. The van der Waals surface area contributed by atoms with E-state index in [9.17, 15) is 14.7 Å². The summed E-state index contributed by atoms with van der Waals surface area (Å²) in [5, 5.41) is 11.8. The highest BCUT2D eigenvalue weighted by atomic mass is 16.5. The Morgan fingerprint density at radius 1 is 1.13 bits per heavy atom. The van der Waals surface area contributed by atoms with Crippen molar-refractivity contribution in [1.82, 2.24) is 0 Å². The number of rotatable bonds is 5. The number of carbonyl (C=O) groups is 2. The maximum Gasteiger partial charge on any atom is 0.337 e. The Hall–Kier alpha value is -3.08. The van der Waals surface area contributed by atoms with Crippen LogP contribution in [-0.4, -0.2) is 24.1 Å². The number of para-hydroxylation sites is 2. The second kappa shape index (κ2) is 7.26. The lowest BCUT2D eigenvalue weighted by Crippen LogP contribution is -2.13. The van der Waals surface area contributed by atoms with Crippen LogP contribution < -0.4 is 10.1 Å². The molecule has 2 aromatic rings. The van der Waals surface area contributed by atoms with Gasteiger partial charge in [-0.05, 0) is 30.7 Å². The molecule has 0 radical (unpaired) electrons. The van der Waals surface area contributed by atoms with Gasteiger partial charge in [-0.2, -0.15) is 0 Å². The molecular weight excluding hydrogens is 294 g/mol. The molecule has 0 spiro atoms. The second-order valence-corrected chi connectivity index (χ2v) is 4.87. The number of anilines is 1. The van der Waals surface area contributed by atoms with Gasteiger partial charge in [-0.25, -0.2) is 4.79 Å². The number of nitrogens with one attached hydrogen (secondary N) is 1. The van der Waals surface area contributed by atoms with E-state index < -0.39 is 11.9 Å². The van der Waals surface area contributed by atoms with Crippen molar-refractivity contribution in [2.75, 3.05) is 12.4 Å². The Bertz CT molecular complexity index is 765. The number of methoxy groups -OCH3 is 1. The van der Waals surface area contributed by atoms with Crippen molar-refractivity contribution in [3.8, 4) is 5.75 Å². The molecule has 5 nitrogen and oxygen atoms in total. The van der Waals surface area contributed by atoms with Crippen LogP contribution in [0.2, 0.25) is 0 Å². The van der Waals surface area contributed by atoms with E-state index in [2.05, 4.69) is 5.32 Å². The van der Waals surface area contributed by atoms with Gasteiger partial charge in [0.1, 0.15) is 5.75 Å². The number of hydrogen-bond donors (Lipinski definition) is 2. The SMILES string of the molecule is COc1ccccc1/C=C/C(=O)Nc1c(C)cccc1C(=O)O. The molecular formula is C18H17NO4. The fraction of sp³-hybridized carbons (Fsp3) is 0.111. The summed E-state index contributed by atoms with van der Waals surface area (Å²) in [4.78, 5) is 23.3. The summed E-state index contributed by atoms with van der Waals surface area (Å²) in [6.45, 7) is 1.74. The lowest BCUT2D eigenvalue weighted by atomic mass is 10.1. The van der Waals surface area contributed by atoms with Gasteiger partial charge in [0.15, 0.2) is 0 Å². The summed E-state index contributed by atoms with van der Waals surface area (Å²) in [6.07, 6.45) is 2.96. The molecule has 0 aliphatic heterocycles. The van der Waals surface area contributed by atoms with Gasteiger partial charge in [0, 0.05) is 11.6 Å². The van der Waals surface area contributed by atoms with Gasteiger partial charge in [0.2, 0.25) is 5.91 Å². The molecule has 0 unspecified atom stereocenters. The monoisotopic (exact) mass is 311 g/mol. The Morgan fingerprint density at radius 3 is 2.57 bits per heavy atom. The number of aromatic carboxylic acids is 1. The highest BCUT2D eigenvalue weighted by molar-refractivity contribution is 6.06. The number of aryl methyl sites for hydroxylation is 1. The number of amides is 1. The van der Waals surface area contributed by atoms with E-state index in [-0.39, 0.29) is 5.56 Å². The van der Waals surface area contributed by atoms with Crippen LogP contribution in [0.3, 0.4) is 0 Å². The van der Waals surface area contributed by atoms with E-state index in [0.717, 1.165) is 5.56 Å². The molecule has 0 atom stereocenters. The van der Waals surface area contributed by atoms with Gasteiger partial charge in [0.25, 0.3) is 0 Å². The molecule has 0 heterocycles. The largest absolute Gasteiger partial charge is 0.496 e. The van der Waals surface area contributed by atoms with E-state index in [0.29, 0.717) is 17.0 Å². The smallest absolute Gasteiger partial charge is 0.337 e. The average molecular weight is 311 g/mol. The molecule has 0 saturated carbocycles. The number of carboxylic acids is 1. The highest BCUT2D eigenvalue weighted by Gasteiger charge is 2.13. The average Bonchev–Trinajstić information content (AvgIpc) is 2.54. The van der Waals surface area contributed by atoms with Crippen LogP contribution in [0.4, 0.5) is 5.69 Å². The van der Waals surface area contributed by atoms with Crippen LogP contribution in [0.25, 0.3) is 6.08 Å². The maximum absolute atomic E-state index is 12.1. The molecule has 2 N–H and O–H groups in total.